The molecule has 3 rings (SSSR count). The predicted octanol–water partition coefficient (Wildman–Crippen LogP) is 3.67. The van der Waals surface area contributed by atoms with Crippen molar-refractivity contribution in [3.8, 4) is 11.4 Å². The Labute approximate surface area is 170 Å². The lowest BCUT2D eigenvalue weighted by Gasteiger charge is -2.29. The molecule has 7 nitrogen and oxygen atoms in total. The average Bonchev–Trinajstić information content (AvgIpc) is 3.28. The summed E-state index contributed by atoms with van der Waals surface area (Å²) in [4.78, 5) is 12.5. The molecular formula is C20H30N4O3S. The molecule has 1 saturated carbocycles. The summed E-state index contributed by atoms with van der Waals surface area (Å²) in [5, 5.41) is 12.7. The highest BCUT2D eigenvalue weighted by molar-refractivity contribution is 7.99. The molecule has 0 aliphatic heterocycles. The molecule has 1 amide bonds. The number of hydrogen-bond acceptors (Lipinski definition) is 6. The van der Waals surface area contributed by atoms with Gasteiger partial charge in [0, 0.05) is 26.3 Å². The van der Waals surface area contributed by atoms with E-state index in [1.165, 1.54) is 31.0 Å². The Morgan fingerprint density at radius 1 is 1.39 bits per heavy atom. The Morgan fingerprint density at radius 3 is 2.93 bits per heavy atom. The van der Waals surface area contributed by atoms with Crippen molar-refractivity contribution in [2.24, 2.45) is 5.92 Å². The van der Waals surface area contributed by atoms with E-state index < -0.39 is 0 Å². The first-order valence-electron chi connectivity index (χ1n) is 9.99. The molecule has 2 aromatic heterocycles. The van der Waals surface area contributed by atoms with E-state index in [9.17, 15) is 4.79 Å². The Hall–Kier alpha value is -1.80. The summed E-state index contributed by atoms with van der Waals surface area (Å²) >= 11 is 1.43. The lowest BCUT2D eigenvalue weighted by Crippen LogP contribution is -2.41. The molecule has 0 radical (unpaired) electrons. The van der Waals surface area contributed by atoms with Gasteiger partial charge in [0.1, 0.15) is 5.76 Å². The smallest absolute Gasteiger partial charge is 0.230 e. The Balaban J connectivity index is 1.66. The number of furan rings is 1. The van der Waals surface area contributed by atoms with Crippen molar-refractivity contribution in [2.45, 2.75) is 63.7 Å². The van der Waals surface area contributed by atoms with Crippen LogP contribution in [0.15, 0.2) is 21.9 Å². The zero-order chi connectivity index (χ0) is 19.9. The quantitative estimate of drug-likeness (QED) is 0.505. The van der Waals surface area contributed by atoms with Crippen LogP contribution in [0.4, 0.5) is 0 Å². The van der Waals surface area contributed by atoms with Gasteiger partial charge in [-0.2, -0.15) is 0 Å². The number of carbonyl (C=O) groups is 1. The van der Waals surface area contributed by atoms with E-state index in [0.717, 1.165) is 41.7 Å². The van der Waals surface area contributed by atoms with Crippen LogP contribution < -0.4 is 5.32 Å². The van der Waals surface area contributed by atoms with Crippen molar-refractivity contribution in [3.63, 3.8) is 0 Å². The molecule has 0 bridgehead atoms. The molecule has 8 heteroatoms. The number of rotatable bonds is 9. The Bertz CT molecular complexity index is 773. The van der Waals surface area contributed by atoms with Gasteiger partial charge in [0.15, 0.2) is 11.0 Å². The fourth-order valence-corrected chi connectivity index (χ4v) is 4.47. The van der Waals surface area contributed by atoms with Gasteiger partial charge in [0.2, 0.25) is 5.91 Å². The molecule has 2 aromatic rings. The van der Waals surface area contributed by atoms with Crippen molar-refractivity contribution in [2.75, 3.05) is 19.5 Å². The topological polar surface area (TPSA) is 82.2 Å². The van der Waals surface area contributed by atoms with Gasteiger partial charge in [0.25, 0.3) is 0 Å². The van der Waals surface area contributed by atoms with Crippen molar-refractivity contribution >= 4 is 17.7 Å². The van der Waals surface area contributed by atoms with Crippen LogP contribution in [0.5, 0.6) is 0 Å². The third-order valence-corrected chi connectivity index (χ3v) is 6.30. The molecule has 2 heterocycles. The van der Waals surface area contributed by atoms with Crippen LogP contribution in [-0.4, -0.2) is 46.2 Å². The van der Waals surface area contributed by atoms with Gasteiger partial charge < -0.3 is 19.0 Å². The molecule has 1 fully saturated rings. The van der Waals surface area contributed by atoms with Crippen LogP contribution in [0.1, 0.15) is 44.8 Å². The summed E-state index contributed by atoms with van der Waals surface area (Å²) < 4.78 is 12.7. The minimum atomic E-state index is 0.0660. The van der Waals surface area contributed by atoms with Crippen molar-refractivity contribution in [1.29, 1.82) is 0 Å². The minimum absolute atomic E-state index is 0.0660. The lowest BCUT2D eigenvalue weighted by atomic mass is 9.86. The van der Waals surface area contributed by atoms with E-state index in [2.05, 4.69) is 27.0 Å². The molecule has 2 atom stereocenters. The molecule has 28 heavy (non-hydrogen) atoms. The number of ether oxygens (including phenoxy) is 1. The van der Waals surface area contributed by atoms with Crippen LogP contribution in [0.2, 0.25) is 0 Å². The molecule has 1 N–H and O–H groups in total. The second-order valence-electron chi connectivity index (χ2n) is 7.42. The summed E-state index contributed by atoms with van der Waals surface area (Å²) in [6.07, 6.45) is 7.24. The van der Waals surface area contributed by atoms with Gasteiger partial charge in [-0.1, -0.05) is 31.5 Å². The molecular weight excluding hydrogens is 376 g/mol. The van der Waals surface area contributed by atoms with Crippen molar-refractivity contribution in [3.05, 3.63) is 18.1 Å². The maximum Gasteiger partial charge on any atom is 0.230 e. The van der Waals surface area contributed by atoms with Crippen molar-refractivity contribution in [1.82, 2.24) is 20.1 Å². The standard InChI is InChI=1S/C20H30N4O3S/c1-14-7-4-5-8-17(14)21-18(25)13-28-20-23-22-19(16-9-12-27-15(16)2)24(20)10-6-11-26-3/h9,12,14,17H,4-8,10-11,13H2,1-3H3,(H,21,25)/t14-,17-/m0/s1. The number of nitrogens with zero attached hydrogens (tertiary/aromatic N) is 3. The summed E-state index contributed by atoms with van der Waals surface area (Å²) in [5.74, 6) is 2.54. The number of amides is 1. The van der Waals surface area contributed by atoms with Gasteiger partial charge in [-0.15, -0.1) is 10.2 Å². The van der Waals surface area contributed by atoms with E-state index >= 15 is 0 Å². The molecule has 1 aliphatic rings. The number of aryl methyl sites for hydroxylation is 1. The third kappa shape index (κ3) is 5.17. The minimum Gasteiger partial charge on any atom is -0.469 e. The molecule has 0 saturated heterocycles. The van der Waals surface area contributed by atoms with Gasteiger partial charge in [-0.25, -0.2) is 0 Å². The van der Waals surface area contributed by atoms with E-state index in [1.54, 1.807) is 13.4 Å². The number of carbonyl (C=O) groups excluding carboxylic acids is 1. The van der Waals surface area contributed by atoms with Crippen LogP contribution in [0, 0.1) is 12.8 Å². The number of methoxy groups -OCH3 is 1. The first kappa shape index (κ1) is 20.9. The van der Waals surface area contributed by atoms with Gasteiger partial charge in [-0.05, 0) is 38.2 Å². The maximum atomic E-state index is 12.5. The number of nitrogens with one attached hydrogen (secondary N) is 1. The highest BCUT2D eigenvalue weighted by Gasteiger charge is 2.23. The average molecular weight is 407 g/mol. The van der Waals surface area contributed by atoms with Crippen LogP contribution in [0.3, 0.4) is 0 Å². The first-order valence-corrected chi connectivity index (χ1v) is 11.0. The first-order chi connectivity index (χ1) is 13.6. The SMILES string of the molecule is COCCCn1c(SCC(=O)N[C@H]2CCCC[C@@H]2C)nnc1-c1ccoc1C. The summed E-state index contributed by atoms with van der Waals surface area (Å²) in [6, 6.07) is 2.20. The molecule has 154 valence electrons. The second-order valence-corrected chi connectivity index (χ2v) is 8.36. The highest BCUT2D eigenvalue weighted by Crippen LogP contribution is 2.28. The Kier molecular flexibility index (Phi) is 7.56. The second kappa shape index (κ2) is 10.1. The highest BCUT2D eigenvalue weighted by atomic mass is 32.2. The molecule has 0 aromatic carbocycles. The molecule has 0 spiro atoms. The van der Waals surface area contributed by atoms with Crippen LogP contribution >= 0.6 is 11.8 Å². The van der Waals surface area contributed by atoms with Crippen LogP contribution in [-0.2, 0) is 16.1 Å². The molecule has 1 aliphatic carbocycles. The van der Waals surface area contributed by atoms with E-state index in [0.29, 0.717) is 24.3 Å². The van der Waals surface area contributed by atoms with Crippen molar-refractivity contribution < 1.29 is 13.9 Å². The fraction of sp³-hybridized carbons (Fsp3) is 0.650. The van der Waals surface area contributed by atoms with Crippen LogP contribution in [0.25, 0.3) is 11.4 Å². The lowest BCUT2D eigenvalue weighted by molar-refractivity contribution is -0.119. The summed E-state index contributed by atoms with van der Waals surface area (Å²) in [5.41, 5.74) is 0.928. The van der Waals surface area contributed by atoms with Gasteiger partial charge in [0.05, 0.1) is 17.6 Å². The van der Waals surface area contributed by atoms with E-state index in [1.807, 2.05) is 13.0 Å². The summed E-state index contributed by atoms with van der Waals surface area (Å²) in [6.45, 7) is 5.52. The largest absolute Gasteiger partial charge is 0.469 e. The number of thioether (sulfide) groups is 1. The monoisotopic (exact) mass is 406 g/mol. The Morgan fingerprint density at radius 2 is 2.21 bits per heavy atom. The molecule has 0 unspecified atom stereocenters. The zero-order valence-electron chi connectivity index (χ0n) is 16.9. The maximum absolute atomic E-state index is 12.5. The van der Waals surface area contributed by atoms with Gasteiger partial charge in [-0.3, -0.25) is 4.79 Å². The predicted molar refractivity (Wildman–Crippen MR) is 109 cm³/mol. The van der Waals surface area contributed by atoms with Gasteiger partial charge >= 0.3 is 0 Å². The number of hydrogen-bond donors (Lipinski definition) is 1. The van der Waals surface area contributed by atoms with E-state index in [-0.39, 0.29) is 5.91 Å². The fourth-order valence-electron chi connectivity index (χ4n) is 3.69. The summed E-state index contributed by atoms with van der Waals surface area (Å²) in [7, 11) is 1.69. The number of aromatic nitrogens is 3. The third-order valence-electron chi connectivity index (χ3n) is 5.34. The normalized spacial score (nSPS) is 19.7. The zero-order valence-corrected chi connectivity index (χ0v) is 17.8. The van der Waals surface area contributed by atoms with E-state index in [4.69, 9.17) is 9.15 Å².